The van der Waals surface area contributed by atoms with Gasteiger partial charge in [-0.25, -0.2) is 0 Å². The van der Waals surface area contributed by atoms with E-state index >= 15 is 0 Å². The molecule has 1 aromatic carbocycles. The Kier molecular flexibility index (Phi) is 6.88. The number of aromatic nitrogens is 3. The minimum atomic E-state index is -0.833. The zero-order valence-electron chi connectivity index (χ0n) is 17.1. The maximum atomic E-state index is 12.6. The Bertz CT molecular complexity index is 1280. The van der Waals surface area contributed by atoms with Crippen LogP contribution in [0.4, 0.5) is 0 Å². The average Bonchev–Trinajstić information content (AvgIpc) is 3.46. The van der Waals surface area contributed by atoms with Gasteiger partial charge in [0.1, 0.15) is 0 Å². The van der Waals surface area contributed by atoms with Crippen LogP contribution in [-0.4, -0.2) is 47.0 Å². The molecule has 4 rings (SSSR count). The van der Waals surface area contributed by atoms with Gasteiger partial charge in [0.25, 0.3) is 11.5 Å². The number of thiophene rings is 1. The van der Waals surface area contributed by atoms with E-state index in [9.17, 15) is 4.79 Å². The summed E-state index contributed by atoms with van der Waals surface area (Å²) in [6.07, 6.45) is 1.85. The first-order valence-corrected chi connectivity index (χ1v) is 10.5. The van der Waals surface area contributed by atoms with Crippen LogP contribution in [0.3, 0.4) is 0 Å². The number of carboxylic acids is 1. The van der Waals surface area contributed by atoms with E-state index in [-0.39, 0.29) is 5.56 Å². The summed E-state index contributed by atoms with van der Waals surface area (Å²) < 4.78 is 18.0. The van der Waals surface area contributed by atoms with Gasteiger partial charge in [-0.2, -0.15) is 9.50 Å². The molecule has 0 atom stereocenters. The highest BCUT2D eigenvalue weighted by Gasteiger charge is 2.18. The number of thiazole rings is 1. The molecule has 0 fully saturated rings. The summed E-state index contributed by atoms with van der Waals surface area (Å²) in [5.41, 5.74) is 0.484. The van der Waals surface area contributed by atoms with Crippen LogP contribution in [0, 0.1) is 0 Å². The van der Waals surface area contributed by atoms with Crippen molar-refractivity contribution >= 4 is 39.7 Å². The van der Waals surface area contributed by atoms with Crippen molar-refractivity contribution in [3.63, 3.8) is 0 Å². The number of hydrogen-bond acceptors (Lipinski definition) is 9. The highest BCUT2D eigenvalue weighted by Crippen LogP contribution is 2.40. The maximum Gasteiger partial charge on any atom is 0.300 e. The topological polar surface area (TPSA) is 112 Å². The third kappa shape index (κ3) is 4.84. The van der Waals surface area contributed by atoms with Gasteiger partial charge >= 0.3 is 0 Å². The second-order valence-electron chi connectivity index (χ2n) is 5.99. The molecule has 0 bridgehead atoms. The van der Waals surface area contributed by atoms with E-state index in [1.54, 1.807) is 44.8 Å². The Labute approximate surface area is 184 Å². The number of methoxy groups -OCH3 is 3. The van der Waals surface area contributed by atoms with Crippen LogP contribution in [0.5, 0.6) is 17.2 Å². The van der Waals surface area contributed by atoms with Crippen molar-refractivity contribution in [1.29, 1.82) is 0 Å². The number of benzene rings is 1. The first-order chi connectivity index (χ1) is 14.9. The molecule has 0 radical (unpaired) electrons. The number of carboxylic acid groups (broad SMARTS) is 1. The van der Waals surface area contributed by atoms with Gasteiger partial charge in [0, 0.05) is 17.4 Å². The summed E-state index contributed by atoms with van der Waals surface area (Å²) in [4.78, 5) is 27.7. The second kappa shape index (κ2) is 9.58. The average molecular weight is 462 g/mol. The zero-order valence-corrected chi connectivity index (χ0v) is 18.7. The van der Waals surface area contributed by atoms with Gasteiger partial charge in [0.15, 0.2) is 17.3 Å². The largest absolute Gasteiger partial charge is 0.493 e. The fourth-order valence-corrected chi connectivity index (χ4v) is 4.30. The minimum absolute atomic E-state index is 0.186. The van der Waals surface area contributed by atoms with Gasteiger partial charge in [0.05, 0.1) is 25.9 Å². The molecule has 0 unspecified atom stereocenters. The Morgan fingerprint density at radius 2 is 1.81 bits per heavy atom. The van der Waals surface area contributed by atoms with Crippen LogP contribution in [-0.2, 0) is 4.79 Å². The monoisotopic (exact) mass is 461 g/mol. The molecule has 162 valence electrons. The third-order valence-electron chi connectivity index (χ3n) is 3.92. The molecule has 0 saturated carbocycles. The fraction of sp³-hybridized carbons (Fsp3) is 0.200. The van der Waals surface area contributed by atoms with Crippen LogP contribution in [0.1, 0.15) is 11.8 Å². The standard InChI is InChI=1S/C18H15N3O4S2.C2H4O2/c1-23-12-7-10(8-13(24-2)15(12)25-3)16-19-18-21(20-16)17(22)14(27-18)9-11-5-4-6-26-11;1-2(3)4/h4-9H,1-3H3;1H3,(H,3,4). The van der Waals surface area contributed by atoms with E-state index in [1.807, 2.05) is 23.6 Å². The van der Waals surface area contributed by atoms with Gasteiger partial charge in [-0.05, 0) is 29.7 Å². The molecule has 0 saturated heterocycles. The van der Waals surface area contributed by atoms with Crippen molar-refractivity contribution in [2.24, 2.45) is 0 Å². The van der Waals surface area contributed by atoms with Crippen molar-refractivity contribution < 1.29 is 24.1 Å². The molecule has 3 aromatic heterocycles. The van der Waals surface area contributed by atoms with E-state index < -0.39 is 5.97 Å². The van der Waals surface area contributed by atoms with E-state index in [4.69, 9.17) is 24.1 Å². The molecule has 4 aromatic rings. The quantitative estimate of drug-likeness (QED) is 0.483. The van der Waals surface area contributed by atoms with Crippen LogP contribution >= 0.6 is 22.7 Å². The van der Waals surface area contributed by atoms with E-state index in [2.05, 4.69) is 10.1 Å². The van der Waals surface area contributed by atoms with E-state index in [0.29, 0.717) is 38.1 Å². The summed E-state index contributed by atoms with van der Waals surface area (Å²) in [7, 11) is 4.63. The highest BCUT2D eigenvalue weighted by atomic mass is 32.1. The Morgan fingerprint density at radius 3 is 2.29 bits per heavy atom. The number of fused-ring (bicyclic) bond motifs is 1. The molecule has 3 heterocycles. The lowest BCUT2D eigenvalue weighted by atomic mass is 10.1. The number of rotatable bonds is 5. The van der Waals surface area contributed by atoms with Gasteiger partial charge in [-0.1, -0.05) is 17.4 Å². The predicted molar refractivity (Wildman–Crippen MR) is 119 cm³/mol. The lowest BCUT2D eigenvalue weighted by molar-refractivity contribution is -0.134. The molecular weight excluding hydrogens is 442 g/mol. The number of aliphatic carboxylic acids is 1. The third-order valence-corrected chi connectivity index (χ3v) is 5.70. The van der Waals surface area contributed by atoms with Crippen molar-refractivity contribution in [2.75, 3.05) is 21.3 Å². The van der Waals surface area contributed by atoms with Crippen molar-refractivity contribution in [3.05, 3.63) is 49.4 Å². The minimum Gasteiger partial charge on any atom is -0.493 e. The molecule has 31 heavy (non-hydrogen) atoms. The highest BCUT2D eigenvalue weighted by molar-refractivity contribution is 7.15. The number of nitrogens with zero attached hydrogens (tertiary/aromatic N) is 3. The van der Waals surface area contributed by atoms with E-state index in [0.717, 1.165) is 11.8 Å². The molecule has 0 spiro atoms. The predicted octanol–water partition coefficient (Wildman–Crippen LogP) is 2.54. The second-order valence-corrected chi connectivity index (χ2v) is 7.98. The molecule has 9 nitrogen and oxygen atoms in total. The maximum absolute atomic E-state index is 12.6. The van der Waals surface area contributed by atoms with Crippen molar-refractivity contribution in [2.45, 2.75) is 6.92 Å². The lowest BCUT2D eigenvalue weighted by Crippen LogP contribution is -2.23. The van der Waals surface area contributed by atoms with Gasteiger partial charge in [-0.15, -0.1) is 16.4 Å². The summed E-state index contributed by atoms with van der Waals surface area (Å²) >= 11 is 2.88. The molecule has 0 aliphatic heterocycles. The lowest BCUT2D eigenvalue weighted by Gasteiger charge is -2.12. The van der Waals surface area contributed by atoms with Gasteiger partial charge in [0.2, 0.25) is 10.7 Å². The summed E-state index contributed by atoms with van der Waals surface area (Å²) in [6.45, 7) is 1.08. The van der Waals surface area contributed by atoms with Crippen LogP contribution in [0.15, 0.2) is 34.4 Å². The van der Waals surface area contributed by atoms with Crippen molar-refractivity contribution in [3.8, 4) is 28.6 Å². The molecule has 0 aliphatic rings. The molecule has 0 aliphatic carbocycles. The smallest absolute Gasteiger partial charge is 0.300 e. The fourth-order valence-electron chi connectivity index (χ4n) is 2.67. The first kappa shape index (κ1) is 22.2. The molecule has 11 heteroatoms. The van der Waals surface area contributed by atoms with Gasteiger partial charge in [-0.3, -0.25) is 9.59 Å². The molecular formula is C20H19N3O6S2. The number of carbonyl (C=O) groups is 1. The molecule has 0 amide bonds. The Hall–Kier alpha value is -3.44. The number of ether oxygens (including phenoxy) is 3. The summed E-state index contributed by atoms with van der Waals surface area (Å²) in [6, 6.07) is 7.41. The van der Waals surface area contributed by atoms with Crippen LogP contribution < -0.4 is 24.3 Å². The summed E-state index contributed by atoms with van der Waals surface area (Å²) in [5.74, 6) is 1.07. The van der Waals surface area contributed by atoms with Crippen LogP contribution in [0.25, 0.3) is 22.4 Å². The summed E-state index contributed by atoms with van der Waals surface area (Å²) in [5, 5.41) is 13.8. The van der Waals surface area contributed by atoms with Gasteiger partial charge < -0.3 is 19.3 Å². The normalized spacial score (nSPS) is 11.2. The SMILES string of the molecule is CC(=O)O.COc1cc(-c2nc3sc(=Cc4cccs4)c(=O)n3n2)cc(OC)c1OC. The first-order valence-electron chi connectivity index (χ1n) is 8.82. The molecule has 1 N–H and O–H groups in total. The van der Waals surface area contributed by atoms with Crippen molar-refractivity contribution in [1.82, 2.24) is 14.6 Å². The Morgan fingerprint density at radius 1 is 1.16 bits per heavy atom. The van der Waals surface area contributed by atoms with E-state index in [1.165, 1.54) is 15.9 Å². The Balaban J connectivity index is 0.000000628. The number of hydrogen-bond donors (Lipinski definition) is 1. The van der Waals surface area contributed by atoms with Crippen LogP contribution in [0.2, 0.25) is 0 Å². The zero-order chi connectivity index (χ0) is 22.5.